The van der Waals surface area contributed by atoms with Crippen molar-refractivity contribution in [2.45, 2.75) is 26.3 Å². The number of hydrogen-bond acceptors (Lipinski definition) is 4. The molecule has 1 aromatic rings. The molecule has 23 heavy (non-hydrogen) atoms. The monoisotopic (exact) mass is 337 g/mol. The summed E-state index contributed by atoms with van der Waals surface area (Å²) in [6, 6.07) is 0.935. The minimum absolute atomic E-state index is 0.371. The predicted molar refractivity (Wildman–Crippen MR) is 71.2 cm³/mol. The highest BCUT2D eigenvalue weighted by Crippen LogP contribution is 2.24. The molecule has 0 aliphatic carbocycles. The van der Waals surface area contributed by atoms with E-state index in [2.05, 4.69) is 14.8 Å². The second-order valence-corrected chi connectivity index (χ2v) is 4.91. The lowest BCUT2D eigenvalue weighted by molar-refractivity contribution is -0.274. The van der Waals surface area contributed by atoms with Crippen LogP contribution in [0.2, 0.25) is 0 Å². The summed E-state index contributed by atoms with van der Waals surface area (Å²) in [5.74, 6) is -3.98. The first-order valence-corrected chi connectivity index (χ1v) is 6.49. The van der Waals surface area contributed by atoms with Crippen molar-refractivity contribution in [3.05, 3.63) is 29.6 Å². The number of esters is 1. The zero-order valence-corrected chi connectivity index (χ0v) is 12.5. The average molecular weight is 337 g/mol. The van der Waals surface area contributed by atoms with E-state index >= 15 is 0 Å². The first-order valence-electron chi connectivity index (χ1n) is 6.49. The standard InChI is InChI=1S/C14H15F4NO4/c1-7(2)11(13(21)22-3)19-12(20)9-6-8(4-5-10(9)15)23-14(16,17)18/h4-7,11H,1-3H3,(H,19,20). The molecule has 0 aromatic heterocycles. The van der Waals surface area contributed by atoms with Gasteiger partial charge in [-0.15, -0.1) is 13.2 Å². The molecule has 1 aromatic carbocycles. The smallest absolute Gasteiger partial charge is 0.467 e. The minimum atomic E-state index is -4.97. The van der Waals surface area contributed by atoms with Gasteiger partial charge in [-0.25, -0.2) is 9.18 Å². The van der Waals surface area contributed by atoms with E-state index in [1.165, 1.54) is 0 Å². The Bertz CT molecular complexity index is 587. The lowest BCUT2D eigenvalue weighted by atomic mass is 10.0. The Kier molecular flexibility index (Phi) is 5.94. The highest BCUT2D eigenvalue weighted by molar-refractivity contribution is 5.97. The first-order chi connectivity index (χ1) is 10.5. The normalized spacial score (nSPS) is 12.7. The van der Waals surface area contributed by atoms with E-state index in [0.717, 1.165) is 13.2 Å². The molecular formula is C14H15F4NO4. The van der Waals surface area contributed by atoms with Gasteiger partial charge in [0.25, 0.3) is 5.91 Å². The van der Waals surface area contributed by atoms with Gasteiger partial charge in [0.05, 0.1) is 12.7 Å². The summed E-state index contributed by atoms with van der Waals surface area (Å²) in [5.41, 5.74) is -0.679. The number of methoxy groups -OCH3 is 1. The lowest BCUT2D eigenvalue weighted by Crippen LogP contribution is -2.45. The lowest BCUT2D eigenvalue weighted by Gasteiger charge is -2.20. The third kappa shape index (κ3) is 5.42. The Morgan fingerprint density at radius 1 is 1.22 bits per heavy atom. The van der Waals surface area contributed by atoms with E-state index < -0.39 is 41.4 Å². The van der Waals surface area contributed by atoms with E-state index in [-0.39, 0.29) is 5.92 Å². The third-order valence-electron chi connectivity index (χ3n) is 2.82. The van der Waals surface area contributed by atoms with Crippen LogP contribution < -0.4 is 10.1 Å². The number of carbonyl (C=O) groups is 2. The van der Waals surface area contributed by atoms with Crippen LogP contribution in [0.25, 0.3) is 0 Å². The Morgan fingerprint density at radius 3 is 2.30 bits per heavy atom. The molecule has 1 N–H and O–H groups in total. The number of rotatable bonds is 5. The number of carbonyl (C=O) groups excluding carboxylic acids is 2. The van der Waals surface area contributed by atoms with Crippen molar-refractivity contribution < 1.29 is 36.6 Å². The molecule has 0 heterocycles. The fraction of sp³-hybridized carbons (Fsp3) is 0.429. The number of hydrogen-bond donors (Lipinski definition) is 1. The summed E-state index contributed by atoms with van der Waals surface area (Å²) in [6.45, 7) is 3.23. The Morgan fingerprint density at radius 2 is 1.83 bits per heavy atom. The number of alkyl halides is 3. The molecule has 0 aliphatic heterocycles. The SMILES string of the molecule is COC(=O)C(NC(=O)c1cc(OC(F)(F)F)ccc1F)C(C)C. The molecule has 0 bridgehead atoms. The molecule has 1 rings (SSSR count). The zero-order chi connectivity index (χ0) is 17.8. The highest BCUT2D eigenvalue weighted by atomic mass is 19.4. The first kappa shape index (κ1) is 18.7. The molecule has 0 radical (unpaired) electrons. The van der Waals surface area contributed by atoms with Crippen LogP contribution in [0.3, 0.4) is 0 Å². The van der Waals surface area contributed by atoms with E-state index in [1.54, 1.807) is 13.8 Å². The Balaban J connectivity index is 3.02. The van der Waals surface area contributed by atoms with Crippen LogP contribution in [0.1, 0.15) is 24.2 Å². The molecule has 1 amide bonds. The van der Waals surface area contributed by atoms with E-state index in [4.69, 9.17) is 0 Å². The van der Waals surface area contributed by atoms with E-state index in [0.29, 0.717) is 12.1 Å². The minimum Gasteiger partial charge on any atom is -0.467 e. The van der Waals surface area contributed by atoms with Gasteiger partial charge in [-0.3, -0.25) is 4.79 Å². The Labute approximate surface area is 129 Å². The van der Waals surface area contributed by atoms with Crippen molar-refractivity contribution in [3.63, 3.8) is 0 Å². The van der Waals surface area contributed by atoms with Gasteiger partial charge >= 0.3 is 12.3 Å². The average Bonchev–Trinajstić information content (AvgIpc) is 2.43. The van der Waals surface area contributed by atoms with Gasteiger partial charge in [-0.2, -0.15) is 0 Å². The second kappa shape index (κ2) is 7.30. The van der Waals surface area contributed by atoms with Crippen LogP contribution in [0.5, 0.6) is 5.75 Å². The second-order valence-electron chi connectivity index (χ2n) is 4.91. The van der Waals surface area contributed by atoms with E-state index in [1.807, 2.05) is 0 Å². The maximum atomic E-state index is 13.7. The molecule has 0 fully saturated rings. The van der Waals surface area contributed by atoms with Gasteiger partial charge in [0.15, 0.2) is 0 Å². The molecule has 0 spiro atoms. The predicted octanol–water partition coefficient (Wildman–Crippen LogP) is 2.65. The van der Waals surface area contributed by atoms with Gasteiger partial charge in [0, 0.05) is 0 Å². The highest BCUT2D eigenvalue weighted by Gasteiger charge is 2.32. The summed E-state index contributed by atoms with van der Waals surface area (Å²) in [5, 5.41) is 2.22. The largest absolute Gasteiger partial charge is 0.573 e. The van der Waals surface area contributed by atoms with Crippen LogP contribution in [-0.2, 0) is 9.53 Å². The molecule has 0 saturated carbocycles. The number of ether oxygens (including phenoxy) is 2. The van der Waals surface area contributed by atoms with E-state index in [9.17, 15) is 27.2 Å². The number of benzene rings is 1. The zero-order valence-electron chi connectivity index (χ0n) is 12.5. The molecule has 0 aliphatic rings. The molecule has 1 unspecified atom stereocenters. The summed E-state index contributed by atoms with van der Waals surface area (Å²) in [7, 11) is 1.11. The molecule has 5 nitrogen and oxygen atoms in total. The maximum absolute atomic E-state index is 13.7. The fourth-order valence-corrected chi connectivity index (χ4v) is 1.72. The van der Waals surface area contributed by atoms with Crippen molar-refractivity contribution in [3.8, 4) is 5.75 Å². The maximum Gasteiger partial charge on any atom is 0.573 e. The molecule has 0 saturated heterocycles. The van der Waals surface area contributed by atoms with Crippen molar-refractivity contribution in [2.75, 3.05) is 7.11 Å². The quantitative estimate of drug-likeness (QED) is 0.663. The van der Waals surface area contributed by atoms with Crippen LogP contribution >= 0.6 is 0 Å². The number of nitrogens with one attached hydrogen (secondary N) is 1. The van der Waals surface area contributed by atoms with Gasteiger partial charge < -0.3 is 14.8 Å². The fourth-order valence-electron chi connectivity index (χ4n) is 1.72. The van der Waals surface area contributed by atoms with Gasteiger partial charge in [-0.05, 0) is 24.1 Å². The summed E-state index contributed by atoms with van der Waals surface area (Å²) in [4.78, 5) is 23.6. The summed E-state index contributed by atoms with van der Waals surface area (Å²) < 4.78 is 58.3. The van der Waals surface area contributed by atoms with Crippen LogP contribution in [0.15, 0.2) is 18.2 Å². The van der Waals surface area contributed by atoms with Crippen LogP contribution in [0, 0.1) is 11.7 Å². The van der Waals surface area contributed by atoms with Crippen molar-refractivity contribution >= 4 is 11.9 Å². The van der Waals surface area contributed by atoms with Crippen molar-refractivity contribution in [1.29, 1.82) is 0 Å². The van der Waals surface area contributed by atoms with Crippen molar-refractivity contribution in [2.24, 2.45) is 5.92 Å². The number of amides is 1. The number of halogens is 4. The summed E-state index contributed by atoms with van der Waals surface area (Å²) in [6.07, 6.45) is -4.97. The summed E-state index contributed by atoms with van der Waals surface area (Å²) >= 11 is 0. The van der Waals surface area contributed by atoms with Gasteiger partial charge in [0.2, 0.25) is 0 Å². The molecular weight excluding hydrogens is 322 g/mol. The Hall–Kier alpha value is -2.32. The molecule has 9 heteroatoms. The third-order valence-corrected chi connectivity index (χ3v) is 2.82. The topological polar surface area (TPSA) is 64.6 Å². The molecule has 1 atom stereocenters. The van der Waals surface area contributed by atoms with Crippen LogP contribution in [-0.4, -0.2) is 31.4 Å². The van der Waals surface area contributed by atoms with Crippen molar-refractivity contribution in [1.82, 2.24) is 5.32 Å². The van der Waals surface area contributed by atoms with Crippen LogP contribution in [0.4, 0.5) is 17.6 Å². The molecule has 128 valence electrons. The van der Waals surface area contributed by atoms with Gasteiger partial charge in [0.1, 0.15) is 17.6 Å². The van der Waals surface area contributed by atoms with Gasteiger partial charge in [-0.1, -0.05) is 13.8 Å².